The molecule has 0 radical (unpaired) electrons. The highest BCUT2D eigenvalue weighted by atomic mass is 32.3. The van der Waals surface area contributed by atoms with Gasteiger partial charge in [-0.3, -0.25) is 9.11 Å². The quantitative estimate of drug-likeness (QED) is 0.187. The molecule has 0 aromatic heterocycles. The number of sulfone groups is 1. The number of aromatic hydroxyl groups is 1. The molecule has 0 bridgehead atoms. The van der Waals surface area contributed by atoms with Crippen LogP contribution in [0.5, 0.6) is 5.75 Å². The lowest BCUT2D eigenvalue weighted by molar-refractivity contribution is 0.284. The van der Waals surface area contributed by atoms with Crippen LogP contribution in [0.3, 0.4) is 0 Å². The monoisotopic (exact) mass is 531 g/mol. The number of phenols is 1. The van der Waals surface area contributed by atoms with Crippen LogP contribution in [0.25, 0.3) is 10.8 Å². The summed E-state index contributed by atoms with van der Waals surface area (Å²) >= 11 is 0. The fourth-order valence-electron chi connectivity index (χ4n) is 2.91. The first-order valence-corrected chi connectivity index (χ1v) is 13.5. The summed E-state index contributed by atoms with van der Waals surface area (Å²) < 4.78 is 91.3. The predicted octanol–water partition coefficient (Wildman–Crippen LogP) is 2.38. The molecular formula is C18H17N3O10S3. The van der Waals surface area contributed by atoms with Crippen LogP contribution in [-0.4, -0.2) is 51.8 Å². The Labute approximate surface area is 194 Å². The van der Waals surface area contributed by atoms with Gasteiger partial charge in [0.25, 0.3) is 10.1 Å². The number of nitrogens with two attached hydrogens (primary N) is 1. The summed E-state index contributed by atoms with van der Waals surface area (Å²) in [6.07, 6.45) is 0. The molecule has 0 heterocycles. The van der Waals surface area contributed by atoms with Crippen LogP contribution in [0.4, 0.5) is 17.1 Å². The van der Waals surface area contributed by atoms with Crippen molar-refractivity contribution in [1.82, 2.24) is 0 Å². The molecule has 0 saturated heterocycles. The van der Waals surface area contributed by atoms with Crippen molar-refractivity contribution in [1.29, 1.82) is 0 Å². The van der Waals surface area contributed by atoms with E-state index in [9.17, 15) is 34.9 Å². The molecule has 0 spiro atoms. The first-order chi connectivity index (χ1) is 15.7. The van der Waals surface area contributed by atoms with Gasteiger partial charge >= 0.3 is 10.4 Å². The van der Waals surface area contributed by atoms with Gasteiger partial charge in [-0.25, -0.2) is 12.6 Å². The highest BCUT2D eigenvalue weighted by Gasteiger charge is 2.19. The molecule has 0 aliphatic carbocycles. The smallest absolute Gasteiger partial charge is 0.397 e. The van der Waals surface area contributed by atoms with E-state index in [1.807, 2.05) is 0 Å². The normalized spacial score (nSPS) is 13.0. The molecule has 3 rings (SSSR count). The number of nitrogens with zero attached hydrogens (tertiary/aromatic N) is 2. The van der Waals surface area contributed by atoms with Crippen molar-refractivity contribution in [3.8, 4) is 5.75 Å². The van der Waals surface area contributed by atoms with Gasteiger partial charge < -0.3 is 10.8 Å². The fourth-order valence-corrected chi connectivity index (χ4v) is 5.12. The highest BCUT2D eigenvalue weighted by Crippen LogP contribution is 2.37. The van der Waals surface area contributed by atoms with Crippen molar-refractivity contribution >= 4 is 58.2 Å². The lowest BCUT2D eigenvalue weighted by Gasteiger charge is -2.08. The van der Waals surface area contributed by atoms with Gasteiger partial charge in [-0.15, -0.1) is 10.2 Å². The van der Waals surface area contributed by atoms with Crippen LogP contribution < -0.4 is 5.73 Å². The minimum Gasteiger partial charge on any atom is -0.506 e. The van der Waals surface area contributed by atoms with E-state index < -0.39 is 48.5 Å². The number of nitrogen functional groups attached to an aromatic ring is 1. The van der Waals surface area contributed by atoms with E-state index in [0.717, 1.165) is 18.2 Å². The highest BCUT2D eigenvalue weighted by molar-refractivity contribution is 7.91. The Balaban J connectivity index is 2.02. The van der Waals surface area contributed by atoms with Crippen LogP contribution >= 0.6 is 0 Å². The number of phenolic OH excluding ortho intramolecular Hbond substituents is 1. The van der Waals surface area contributed by atoms with Gasteiger partial charge in [0.2, 0.25) is 0 Å². The van der Waals surface area contributed by atoms with E-state index >= 15 is 0 Å². The molecule has 3 aromatic rings. The van der Waals surface area contributed by atoms with E-state index in [2.05, 4.69) is 14.4 Å². The lowest BCUT2D eigenvalue weighted by atomic mass is 10.1. The van der Waals surface area contributed by atoms with Crippen molar-refractivity contribution in [3.05, 3.63) is 48.5 Å². The van der Waals surface area contributed by atoms with Crippen molar-refractivity contribution in [2.24, 2.45) is 10.2 Å². The van der Waals surface area contributed by atoms with Crippen LogP contribution in [0.15, 0.2) is 68.6 Å². The molecule has 0 unspecified atom stereocenters. The second-order valence-electron chi connectivity index (χ2n) is 6.75. The number of hydrogen-bond acceptors (Lipinski definition) is 11. The average molecular weight is 532 g/mol. The summed E-state index contributed by atoms with van der Waals surface area (Å²) in [6, 6.07) is 9.74. The zero-order valence-electron chi connectivity index (χ0n) is 16.9. The van der Waals surface area contributed by atoms with Gasteiger partial charge in [0, 0.05) is 10.8 Å². The lowest BCUT2D eigenvalue weighted by Crippen LogP contribution is -2.15. The van der Waals surface area contributed by atoms with Crippen molar-refractivity contribution in [2.45, 2.75) is 9.79 Å². The van der Waals surface area contributed by atoms with Crippen LogP contribution in [0, 0.1) is 0 Å². The fraction of sp³-hybridized carbons (Fsp3) is 0.111. The Bertz CT molecular complexity index is 1620. The van der Waals surface area contributed by atoms with E-state index in [0.29, 0.717) is 0 Å². The number of hydrogen-bond donors (Lipinski definition) is 4. The topological polar surface area (TPSA) is 223 Å². The second kappa shape index (κ2) is 9.24. The van der Waals surface area contributed by atoms with Gasteiger partial charge in [-0.2, -0.15) is 16.8 Å². The third-order valence-electron chi connectivity index (χ3n) is 4.45. The molecule has 0 saturated carbocycles. The molecule has 0 amide bonds. The number of azo groups is 1. The molecule has 0 atom stereocenters. The van der Waals surface area contributed by atoms with Gasteiger partial charge in [0.05, 0.1) is 22.9 Å². The maximum Gasteiger partial charge on any atom is 0.397 e. The van der Waals surface area contributed by atoms with E-state index in [4.69, 9.17) is 10.3 Å². The Morgan fingerprint density at radius 1 is 0.882 bits per heavy atom. The largest absolute Gasteiger partial charge is 0.506 e. The Kier molecular flexibility index (Phi) is 6.92. The van der Waals surface area contributed by atoms with Crippen molar-refractivity contribution in [3.63, 3.8) is 0 Å². The number of anilines is 1. The minimum absolute atomic E-state index is 0.00258. The molecule has 0 fully saturated rings. The average Bonchev–Trinajstić information content (AvgIpc) is 2.71. The summed E-state index contributed by atoms with van der Waals surface area (Å²) in [5, 5.41) is 18.1. The standard InChI is InChI=1S/C18H17N3O10S3/c19-14-6-5-12-13(2-1-3-17(12)33(25,26)27)18(14)21-20-15-10-11(4-7-16(15)22)32(23,24)9-8-31-34(28,29)30/h1-7,10,22H,8-9,19H2,(H,25,26,27)(H,28,29,30)/b21-20+. The van der Waals surface area contributed by atoms with Crippen LogP contribution in [0.1, 0.15) is 0 Å². The summed E-state index contributed by atoms with van der Waals surface area (Å²) in [5.41, 5.74) is 5.71. The molecule has 3 aromatic carbocycles. The molecular weight excluding hydrogens is 514 g/mol. The van der Waals surface area contributed by atoms with E-state index in [1.165, 1.54) is 30.3 Å². The van der Waals surface area contributed by atoms with Crippen molar-refractivity contribution in [2.75, 3.05) is 18.1 Å². The predicted molar refractivity (Wildman–Crippen MR) is 120 cm³/mol. The third kappa shape index (κ3) is 5.85. The number of benzene rings is 3. The number of fused-ring (bicyclic) bond motifs is 1. The molecule has 34 heavy (non-hydrogen) atoms. The summed E-state index contributed by atoms with van der Waals surface area (Å²) in [7, 11) is -13.5. The first kappa shape index (κ1) is 25.5. The first-order valence-electron chi connectivity index (χ1n) is 9.07. The Morgan fingerprint density at radius 3 is 2.24 bits per heavy atom. The molecule has 182 valence electrons. The van der Waals surface area contributed by atoms with Gasteiger partial charge in [-0.1, -0.05) is 18.2 Å². The molecule has 5 N–H and O–H groups in total. The maximum atomic E-state index is 12.4. The SMILES string of the molecule is Nc1ccc2c(S(=O)(=O)O)cccc2c1/N=N/c1cc(S(=O)(=O)CCOS(=O)(=O)O)ccc1O. The zero-order valence-corrected chi connectivity index (χ0v) is 19.4. The number of rotatable bonds is 8. The second-order valence-corrected chi connectivity index (χ2v) is 11.3. The van der Waals surface area contributed by atoms with Crippen LogP contribution in [0.2, 0.25) is 0 Å². The Morgan fingerprint density at radius 2 is 1.59 bits per heavy atom. The van der Waals surface area contributed by atoms with E-state index in [1.54, 1.807) is 0 Å². The maximum absolute atomic E-state index is 12.4. The molecule has 16 heteroatoms. The summed E-state index contributed by atoms with van der Waals surface area (Å²) in [6.45, 7) is -0.846. The van der Waals surface area contributed by atoms with Crippen LogP contribution in [-0.2, 0) is 34.5 Å². The van der Waals surface area contributed by atoms with Gasteiger partial charge in [0.15, 0.2) is 9.84 Å². The zero-order chi connectivity index (χ0) is 25.3. The van der Waals surface area contributed by atoms with E-state index in [-0.39, 0.29) is 37.6 Å². The molecule has 13 nitrogen and oxygen atoms in total. The summed E-state index contributed by atoms with van der Waals surface area (Å²) in [4.78, 5) is -0.734. The Hall–Kier alpha value is -3.15. The minimum atomic E-state index is -4.82. The summed E-state index contributed by atoms with van der Waals surface area (Å²) in [5.74, 6) is -1.25. The van der Waals surface area contributed by atoms with Gasteiger partial charge in [0.1, 0.15) is 22.0 Å². The third-order valence-corrected chi connectivity index (χ3v) is 7.50. The van der Waals surface area contributed by atoms with Crippen molar-refractivity contribution < 1.29 is 43.6 Å². The van der Waals surface area contributed by atoms with Gasteiger partial charge in [-0.05, 0) is 30.3 Å². The molecule has 0 aliphatic rings. The molecule has 0 aliphatic heterocycles.